The Hall–Kier alpha value is -1.56. The molecule has 92 valence electrons. The number of nitrogens with one attached hydrogen (secondary N) is 1. The Bertz CT molecular complexity index is 243. The second kappa shape index (κ2) is 8.72. The molecule has 16 heavy (non-hydrogen) atoms. The number of carboxylic acid groups (broad SMARTS) is 1. The minimum absolute atomic E-state index is 0.316. The lowest BCUT2D eigenvalue weighted by molar-refractivity contribution is -0.137. The van der Waals surface area contributed by atoms with Gasteiger partial charge in [-0.1, -0.05) is 6.08 Å². The van der Waals surface area contributed by atoms with Gasteiger partial charge in [-0.05, 0) is 6.42 Å². The van der Waals surface area contributed by atoms with Crippen molar-refractivity contribution in [3.05, 3.63) is 12.7 Å². The summed E-state index contributed by atoms with van der Waals surface area (Å²) in [7, 11) is 1.42. The average Bonchev–Trinajstić information content (AvgIpc) is 2.21. The predicted molar refractivity (Wildman–Crippen MR) is 59.3 cm³/mol. The molecular formula is C10H18N2O4. The number of carboxylic acids is 1. The van der Waals surface area contributed by atoms with Gasteiger partial charge < -0.3 is 20.1 Å². The lowest BCUT2D eigenvalue weighted by Crippen LogP contribution is -2.41. The van der Waals surface area contributed by atoms with E-state index in [4.69, 9.17) is 9.84 Å². The summed E-state index contributed by atoms with van der Waals surface area (Å²) in [6, 6.07) is -0.422. The molecule has 6 nitrogen and oxygen atoms in total. The van der Waals surface area contributed by atoms with Gasteiger partial charge in [-0.3, -0.25) is 4.79 Å². The molecule has 0 unspecified atom stereocenters. The third-order valence-corrected chi connectivity index (χ3v) is 1.71. The normalized spacial score (nSPS) is 9.56. The molecule has 0 rings (SSSR count). The average molecular weight is 230 g/mol. The zero-order chi connectivity index (χ0) is 12.4. The van der Waals surface area contributed by atoms with E-state index in [0.717, 1.165) is 11.3 Å². The van der Waals surface area contributed by atoms with Gasteiger partial charge in [0.2, 0.25) is 0 Å². The second-order valence-electron chi connectivity index (χ2n) is 3.17. The zero-order valence-electron chi connectivity index (χ0n) is 9.44. The maximum Gasteiger partial charge on any atom is 0.323 e. The van der Waals surface area contributed by atoms with E-state index in [1.54, 1.807) is 6.08 Å². The first-order chi connectivity index (χ1) is 7.57. The van der Waals surface area contributed by atoms with Crippen molar-refractivity contribution in [3.8, 4) is 0 Å². The summed E-state index contributed by atoms with van der Waals surface area (Å²) in [6.07, 6.45) is 2.52. The van der Waals surface area contributed by atoms with E-state index >= 15 is 0 Å². The zero-order valence-corrected chi connectivity index (χ0v) is 9.44. The predicted octanol–water partition coefficient (Wildman–Crippen LogP) is 0.305. The maximum atomic E-state index is 11.2. The van der Waals surface area contributed by atoms with Crippen LogP contribution in [0.15, 0.2) is 12.7 Å². The van der Waals surface area contributed by atoms with E-state index < -0.39 is 12.0 Å². The van der Waals surface area contributed by atoms with Crippen LogP contribution in [0.4, 0.5) is 4.79 Å². The van der Waals surface area contributed by atoms with Gasteiger partial charge in [-0.15, -0.1) is 6.58 Å². The van der Waals surface area contributed by atoms with Crippen molar-refractivity contribution in [1.29, 1.82) is 0 Å². The minimum atomic E-state index is -1.04. The van der Waals surface area contributed by atoms with E-state index in [1.807, 2.05) is 0 Å². The summed E-state index contributed by atoms with van der Waals surface area (Å²) >= 11 is 0. The Morgan fingerprint density at radius 2 is 2.19 bits per heavy atom. The summed E-state index contributed by atoms with van der Waals surface area (Å²) in [6.45, 7) is 4.57. The van der Waals surface area contributed by atoms with Gasteiger partial charge in [-0.2, -0.15) is 0 Å². The highest BCUT2D eigenvalue weighted by Gasteiger charge is 2.10. The molecule has 0 spiro atoms. The molecule has 0 fully saturated rings. The number of likely N-dealkylation sites (N-methyl/N-ethyl adjacent to an activating group) is 1. The Labute approximate surface area is 94.9 Å². The van der Waals surface area contributed by atoms with Crippen molar-refractivity contribution in [2.45, 2.75) is 6.42 Å². The van der Waals surface area contributed by atoms with Crippen molar-refractivity contribution < 1.29 is 19.4 Å². The first kappa shape index (κ1) is 14.4. The van der Waals surface area contributed by atoms with E-state index in [9.17, 15) is 9.59 Å². The molecule has 0 aromatic rings. The second-order valence-corrected chi connectivity index (χ2v) is 3.17. The first-order valence-electron chi connectivity index (χ1n) is 4.97. The van der Waals surface area contributed by atoms with Gasteiger partial charge >= 0.3 is 12.0 Å². The number of hydrogen-bond donors (Lipinski definition) is 2. The number of ether oxygens (including phenoxy) is 1. The SMILES string of the molecule is C=CCCOCCNC(=O)N(C)CC(=O)O. The molecule has 0 aliphatic rings. The molecule has 0 bridgehead atoms. The number of hydrogen-bond acceptors (Lipinski definition) is 3. The van der Waals surface area contributed by atoms with Gasteiger partial charge in [0.15, 0.2) is 0 Å². The Kier molecular flexibility index (Phi) is 7.87. The third-order valence-electron chi connectivity index (χ3n) is 1.71. The third kappa shape index (κ3) is 7.81. The fourth-order valence-corrected chi connectivity index (χ4v) is 0.909. The summed E-state index contributed by atoms with van der Waals surface area (Å²) in [5, 5.41) is 11.0. The number of amides is 2. The van der Waals surface area contributed by atoms with Crippen LogP contribution in [-0.2, 0) is 9.53 Å². The van der Waals surface area contributed by atoms with Crippen LogP contribution in [0.1, 0.15) is 6.42 Å². The van der Waals surface area contributed by atoms with Crippen LogP contribution in [0.3, 0.4) is 0 Å². The first-order valence-corrected chi connectivity index (χ1v) is 4.97. The molecule has 0 aliphatic carbocycles. The smallest absolute Gasteiger partial charge is 0.323 e. The Balaban J connectivity index is 3.49. The largest absolute Gasteiger partial charge is 0.480 e. The van der Waals surface area contributed by atoms with Crippen LogP contribution < -0.4 is 5.32 Å². The highest BCUT2D eigenvalue weighted by molar-refractivity contribution is 5.79. The summed E-state index contributed by atoms with van der Waals surface area (Å²) in [4.78, 5) is 22.6. The standard InChI is InChI=1S/C10H18N2O4/c1-3-4-6-16-7-5-11-10(15)12(2)8-9(13)14/h3H,1,4-8H2,2H3,(H,11,15)(H,13,14). The molecule has 0 aliphatic heterocycles. The van der Waals surface area contributed by atoms with E-state index in [1.165, 1.54) is 7.05 Å². The van der Waals surface area contributed by atoms with Crippen molar-refractivity contribution in [2.24, 2.45) is 0 Å². The maximum absolute atomic E-state index is 11.2. The molecular weight excluding hydrogens is 212 g/mol. The summed E-state index contributed by atoms with van der Waals surface area (Å²) in [5.41, 5.74) is 0. The number of carbonyl (C=O) groups is 2. The van der Waals surface area contributed by atoms with E-state index in [-0.39, 0.29) is 6.54 Å². The van der Waals surface area contributed by atoms with Crippen LogP contribution in [0.5, 0.6) is 0 Å². The number of aliphatic carboxylic acids is 1. The van der Waals surface area contributed by atoms with Gasteiger partial charge in [0.25, 0.3) is 0 Å². The Morgan fingerprint density at radius 1 is 1.50 bits per heavy atom. The molecule has 0 heterocycles. The van der Waals surface area contributed by atoms with Crippen LogP contribution in [0.2, 0.25) is 0 Å². The van der Waals surface area contributed by atoms with Crippen molar-refractivity contribution >= 4 is 12.0 Å². The highest BCUT2D eigenvalue weighted by atomic mass is 16.5. The molecule has 0 aromatic carbocycles. The van der Waals surface area contributed by atoms with Gasteiger partial charge in [0.1, 0.15) is 6.54 Å². The lowest BCUT2D eigenvalue weighted by Gasteiger charge is -2.15. The molecule has 2 amide bonds. The fraction of sp³-hybridized carbons (Fsp3) is 0.600. The van der Waals surface area contributed by atoms with Crippen molar-refractivity contribution in [2.75, 3.05) is 33.4 Å². The summed E-state index contributed by atoms with van der Waals surface area (Å²) in [5.74, 6) is -1.04. The number of rotatable bonds is 8. The van der Waals surface area contributed by atoms with Crippen LogP contribution in [0.25, 0.3) is 0 Å². The van der Waals surface area contributed by atoms with Crippen LogP contribution in [-0.4, -0.2) is 55.4 Å². The highest BCUT2D eigenvalue weighted by Crippen LogP contribution is 1.85. The molecule has 0 saturated heterocycles. The molecule has 0 saturated carbocycles. The van der Waals surface area contributed by atoms with Crippen molar-refractivity contribution in [3.63, 3.8) is 0 Å². The van der Waals surface area contributed by atoms with E-state index in [2.05, 4.69) is 11.9 Å². The molecule has 2 N–H and O–H groups in total. The molecule has 0 aromatic heterocycles. The summed E-state index contributed by atoms with van der Waals surface area (Å²) < 4.78 is 5.16. The van der Waals surface area contributed by atoms with Crippen molar-refractivity contribution in [1.82, 2.24) is 10.2 Å². The molecule has 0 radical (unpaired) electrons. The molecule has 6 heteroatoms. The van der Waals surface area contributed by atoms with E-state index in [0.29, 0.717) is 19.8 Å². The van der Waals surface area contributed by atoms with Crippen LogP contribution in [0, 0.1) is 0 Å². The van der Waals surface area contributed by atoms with Gasteiger partial charge in [0, 0.05) is 13.6 Å². The minimum Gasteiger partial charge on any atom is -0.480 e. The Morgan fingerprint density at radius 3 is 2.75 bits per heavy atom. The monoisotopic (exact) mass is 230 g/mol. The topological polar surface area (TPSA) is 78.9 Å². The van der Waals surface area contributed by atoms with Gasteiger partial charge in [-0.25, -0.2) is 4.79 Å². The number of nitrogens with zero attached hydrogens (tertiary/aromatic N) is 1. The quantitative estimate of drug-likeness (QED) is 0.464. The number of urea groups is 1. The van der Waals surface area contributed by atoms with Gasteiger partial charge in [0.05, 0.1) is 13.2 Å². The van der Waals surface area contributed by atoms with Crippen LogP contribution >= 0.6 is 0 Å². The number of carbonyl (C=O) groups excluding carboxylic acids is 1. The fourth-order valence-electron chi connectivity index (χ4n) is 0.909. The molecule has 0 atom stereocenters. The lowest BCUT2D eigenvalue weighted by atomic mass is 10.4.